The second-order valence-electron chi connectivity index (χ2n) is 5.57. The topological polar surface area (TPSA) is 46.2 Å². The lowest BCUT2D eigenvalue weighted by molar-refractivity contribution is 0.502. The van der Waals surface area contributed by atoms with E-state index in [9.17, 15) is 8.42 Å². The summed E-state index contributed by atoms with van der Waals surface area (Å²) < 4.78 is 22.7. The van der Waals surface area contributed by atoms with E-state index in [1.807, 2.05) is 6.07 Å². The Kier molecular flexibility index (Phi) is 4.99. The molecule has 2 unspecified atom stereocenters. The summed E-state index contributed by atoms with van der Waals surface area (Å²) in [6, 6.07) is 10.5. The number of benzene rings is 1. The molecule has 0 saturated carbocycles. The SMILES string of the molecule is CC(CCNCC1CCS(=O)(=O)C1)c1ccccc1. The minimum absolute atomic E-state index is 0.317. The Hall–Kier alpha value is -0.870. The van der Waals surface area contributed by atoms with E-state index in [1.165, 1.54) is 5.56 Å². The molecule has 1 aromatic carbocycles. The van der Waals surface area contributed by atoms with Gasteiger partial charge >= 0.3 is 0 Å². The van der Waals surface area contributed by atoms with Crippen LogP contribution in [0.2, 0.25) is 0 Å². The van der Waals surface area contributed by atoms with Crippen molar-refractivity contribution in [3.63, 3.8) is 0 Å². The second-order valence-corrected chi connectivity index (χ2v) is 7.80. The first kappa shape index (κ1) is 14.5. The van der Waals surface area contributed by atoms with Crippen LogP contribution in [0.4, 0.5) is 0 Å². The van der Waals surface area contributed by atoms with E-state index in [0.29, 0.717) is 23.3 Å². The van der Waals surface area contributed by atoms with Crippen LogP contribution >= 0.6 is 0 Å². The largest absolute Gasteiger partial charge is 0.316 e. The van der Waals surface area contributed by atoms with Crippen molar-refractivity contribution in [1.82, 2.24) is 5.32 Å². The van der Waals surface area contributed by atoms with Crippen LogP contribution in [0.3, 0.4) is 0 Å². The van der Waals surface area contributed by atoms with E-state index in [0.717, 1.165) is 25.9 Å². The van der Waals surface area contributed by atoms with Crippen LogP contribution in [0.5, 0.6) is 0 Å². The molecule has 1 fully saturated rings. The molecule has 0 amide bonds. The molecule has 0 aromatic heterocycles. The molecule has 3 nitrogen and oxygen atoms in total. The van der Waals surface area contributed by atoms with E-state index in [-0.39, 0.29) is 0 Å². The lowest BCUT2D eigenvalue weighted by Crippen LogP contribution is -2.25. The molecule has 1 saturated heterocycles. The number of hydrogen-bond acceptors (Lipinski definition) is 3. The molecule has 0 spiro atoms. The van der Waals surface area contributed by atoms with E-state index < -0.39 is 9.84 Å². The van der Waals surface area contributed by atoms with Gasteiger partial charge in [-0.05, 0) is 43.3 Å². The maximum atomic E-state index is 11.3. The smallest absolute Gasteiger partial charge is 0.150 e. The third kappa shape index (κ3) is 4.62. The quantitative estimate of drug-likeness (QED) is 0.813. The predicted octanol–water partition coefficient (Wildman–Crippen LogP) is 2.20. The molecular weight excluding hydrogens is 258 g/mol. The van der Waals surface area contributed by atoms with Gasteiger partial charge in [-0.3, -0.25) is 0 Å². The van der Waals surface area contributed by atoms with Gasteiger partial charge in [0.15, 0.2) is 9.84 Å². The Bertz CT molecular complexity index is 484. The summed E-state index contributed by atoms with van der Waals surface area (Å²) >= 11 is 0. The van der Waals surface area contributed by atoms with Crippen molar-refractivity contribution in [3.8, 4) is 0 Å². The molecule has 0 bridgehead atoms. The first-order valence-electron chi connectivity index (χ1n) is 7.03. The molecule has 2 atom stereocenters. The number of hydrogen-bond donors (Lipinski definition) is 1. The van der Waals surface area contributed by atoms with Crippen molar-refractivity contribution < 1.29 is 8.42 Å². The van der Waals surface area contributed by atoms with Gasteiger partial charge in [0.1, 0.15) is 0 Å². The van der Waals surface area contributed by atoms with Crippen LogP contribution in [0.1, 0.15) is 31.2 Å². The maximum absolute atomic E-state index is 11.3. The lowest BCUT2D eigenvalue weighted by atomic mass is 9.98. The van der Waals surface area contributed by atoms with Crippen LogP contribution in [0, 0.1) is 5.92 Å². The normalized spacial score (nSPS) is 23.3. The van der Waals surface area contributed by atoms with Crippen LogP contribution in [0.25, 0.3) is 0 Å². The van der Waals surface area contributed by atoms with E-state index >= 15 is 0 Å². The molecule has 1 heterocycles. The minimum Gasteiger partial charge on any atom is -0.316 e. The van der Waals surface area contributed by atoms with Gasteiger partial charge in [0, 0.05) is 0 Å². The van der Waals surface area contributed by atoms with Gasteiger partial charge in [0.25, 0.3) is 0 Å². The maximum Gasteiger partial charge on any atom is 0.150 e. The van der Waals surface area contributed by atoms with Crippen molar-refractivity contribution in [2.24, 2.45) is 5.92 Å². The van der Waals surface area contributed by atoms with Crippen molar-refractivity contribution in [2.75, 3.05) is 24.6 Å². The highest BCUT2D eigenvalue weighted by molar-refractivity contribution is 7.91. The third-order valence-electron chi connectivity index (χ3n) is 3.88. The van der Waals surface area contributed by atoms with Gasteiger partial charge in [0.05, 0.1) is 11.5 Å². The second kappa shape index (κ2) is 6.53. The first-order chi connectivity index (χ1) is 9.07. The molecule has 1 aromatic rings. The Morgan fingerprint density at radius 3 is 2.68 bits per heavy atom. The van der Waals surface area contributed by atoms with Crippen LogP contribution in [0.15, 0.2) is 30.3 Å². The first-order valence-corrected chi connectivity index (χ1v) is 8.85. The molecular formula is C15H23NO2S. The van der Waals surface area contributed by atoms with Gasteiger partial charge in [-0.1, -0.05) is 37.3 Å². The highest BCUT2D eigenvalue weighted by atomic mass is 32.2. The molecule has 106 valence electrons. The molecule has 2 rings (SSSR count). The van der Waals surface area contributed by atoms with Crippen molar-refractivity contribution >= 4 is 9.84 Å². The fraction of sp³-hybridized carbons (Fsp3) is 0.600. The van der Waals surface area contributed by atoms with Crippen molar-refractivity contribution in [3.05, 3.63) is 35.9 Å². The molecule has 4 heteroatoms. The number of nitrogens with one attached hydrogen (secondary N) is 1. The Labute approximate surface area is 116 Å². The van der Waals surface area contributed by atoms with Gasteiger partial charge in [0.2, 0.25) is 0 Å². The van der Waals surface area contributed by atoms with E-state index in [2.05, 4.69) is 36.5 Å². The molecule has 1 N–H and O–H groups in total. The van der Waals surface area contributed by atoms with E-state index in [1.54, 1.807) is 0 Å². The zero-order chi connectivity index (χ0) is 13.7. The summed E-state index contributed by atoms with van der Waals surface area (Å²) in [5.41, 5.74) is 1.37. The molecule has 19 heavy (non-hydrogen) atoms. The zero-order valence-electron chi connectivity index (χ0n) is 11.5. The Morgan fingerprint density at radius 2 is 2.05 bits per heavy atom. The summed E-state index contributed by atoms with van der Waals surface area (Å²) in [7, 11) is -2.73. The fourth-order valence-corrected chi connectivity index (χ4v) is 4.47. The fourth-order valence-electron chi connectivity index (χ4n) is 2.61. The lowest BCUT2D eigenvalue weighted by Gasteiger charge is -2.14. The van der Waals surface area contributed by atoms with E-state index in [4.69, 9.17) is 0 Å². The number of rotatable bonds is 6. The Morgan fingerprint density at radius 1 is 1.32 bits per heavy atom. The highest BCUT2D eigenvalue weighted by Gasteiger charge is 2.27. The summed E-state index contributed by atoms with van der Waals surface area (Å²) in [6.07, 6.45) is 1.91. The van der Waals surface area contributed by atoms with Crippen molar-refractivity contribution in [1.29, 1.82) is 0 Å². The summed E-state index contributed by atoms with van der Waals surface area (Å²) in [6.45, 7) is 4.02. The standard InChI is InChI=1S/C15H23NO2S/c1-13(15-5-3-2-4-6-15)7-9-16-11-14-8-10-19(17,18)12-14/h2-6,13-14,16H,7-12H2,1H3. The molecule has 1 aliphatic rings. The van der Waals surface area contributed by atoms with Crippen LogP contribution in [-0.4, -0.2) is 33.0 Å². The van der Waals surface area contributed by atoms with Gasteiger partial charge < -0.3 is 5.32 Å². The average Bonchev–Trinajstić information content (AvgIpc) is 2.75. The van der Waals surface area contributed by atoms with Crippen LogP contribution in [-0.2, 0) is 9.84 Å². The monoisotopic (exact) mass is 281 g/mol. The third-order valence-corrected chi connectivity index (χ3v) is 5.72. The molecule has 0 radical (unpaired) electrons. The predicted molar refractivity (Wildman–Crippen MR) is 79.1 cm³/mol. The van der Waals surface area contributed by atoms with Crippen molar-refractivity contribution in [2.45, 2.75) is 25.7 Å². The average molecular weight is 281 g/mol. The summed E-state index contributed by atoms with van der Waals surface area (Å²) in [5.74, 6) is 1.60. The van der Waals surface area contributed by atoms with Crippen LogP contribution < -0.4 is 5.32 Å². The van der Waals surface area contributed by atoms with Gasteiger partial charge in [-0.25, -0.2) is 8.42 Å². The molecule has 0 aliphatic carbocycles. The summed E-state index contributed by atoms with van der Waals surface area (Å²) in [4.78, 5) is 0. The summed E-state index contributed by atoms with van der Waals surface area (Å²) in [5, 5.41) is 3.40. The molecule has 1 aliphatic heterocycles. The van der Waals surface area contributed by atoms with Gasteiger partial charge in [-0.2, -0.15) is 0 Å². The number of sulfone groups is 1. The van der Waals surface area contributed by atoms with Gasteiger partial charge in [-0.15, -0.1) is 0 Å². The Balaban J connectivity index is 1.65. The highest BCUT2D eigenvalue weighted by Crippen LogP contribution is 2.19. The zero-order valence-corrected chi connectivity index (χ0v) is 12.3. The minimum atomic E-state index is -2.73.